The van der Waals surface area contributed by atoms with Gasteiger partial charge in [-0.05, 0) is 12.8 Å². The van der Waals surface area contributed by atoms with Crippen molar-refractivity contribution in [3.05, 3.63) is 0 Å². The Morgan fingerprint density at radius 2 is 1.92 bits per heavy atom. The minimum atomic E-state index is -1.37. The molecule has 0 unspecified atom stereocenters. The van der Waals surface area contributed by atoms with Gasteiger partial charge in [0.1, 0.15) is 0 Å². The molecule has 72 valence electrons. The lowest BCUT2D eigenvalue weighted by atomic mass is 10.1. The standard InChI is InChI=1S/C8H15Cl2NO/c1-2-3-4-5-6-8(9,10)7(11)12/h2-6H2,1H3,(H2,11,12). The van der Waals surface area contributed by atoms with Crippen LogP contribution in [0.2, 0.25) is 0 Å². The molecule has 0 aliphatic rings. The highest BCUT2D eigenvalue weighted by atomic mass is 35.5. The normalized spacial score (nSPS) is 11.6. The summed E-state index contributed by atoms with van der Waals surface area (Å²) in [6.45, 7) is 2.11. The quantitative estimate of drug-likeness (QED) is 0.533. The van der Waals surface area contributed by atoms with E-state index in [9.17, 15) is 4.79 Å². The van der Waals surface area contributed by atoms with Gasteiger partial charge in [0.2, 0.25) is 0 Å². The van der Waals surface area contributed by atoms with E-state index >= 15 is 0 Å². The molecule has 0 saturated carbocycles. The number of primary amides is 1. The number of alkyl halides is 2. The second kappa shape index (κ2) is 5.65. The van der Waals surface area contributed by atoms with Crippen LogP contribution in [0.25, 0.3) is 0 Å². The van der Waals surface area contributed by atoms with Crippen LogP contribution in [0.1, 0.15) is 39.0 Å². The van der Waals surface area contributed by atoms with Crippen LogP contribution in [-0.2, 0) is 4.79 Å². The maximum atomic E-state index is 10.6. The monoisotopic (exact) mass is 211 g/mol. The third-order valence-corrected chi connectivity index (χ3v) is 2.46. The van der Waals surface area contributed by atoms with Gasteiger partial charge in [-0.3, -0.25) is 4.79 Å². The van der Waals surface area contributed by atoms with Gasteiger partial charge in [-0.25, -0.2) is 0 Å². The second-order valence-corrected chi connectivity index (χ2v) is 4.36. The topological polar surface area (TPSA) is 43.1 Å². The largest absolute Gasteiger partial charge is 0.367 e. The van der Waals surface area contributed by atoms with Crippen LogP contribution in [0.3, 0.4) is 0 Å². The molecule has 0 saturated heterocycles. The molecule has 4 heteroatoms. The Bertz CT molecular complexity index is 148. The Balaban J connectivity index is 3.54. The lowest BCUT2D eigenvalue weighted by Crippen LogP contribution is -2.33. The number of nitrogens with two attached hydrogens (primary N) is 1. The van der Waals surface area contributed by atoms with Crippen LogP contribution in [0.4, 0.5) is 0 Å². The number of carbonyl (C=O) groups is 1. The first-order valence-corrected chi connectivity index (χ1v) is 4.94. The van der Waals surface area contributed by atoms with Crippen LogP contribution >= 0.6 is 23.2 Å². The average Bonchev–Trinajstić information content (AvgIpc) is 1.98. The van der Waals surface area contributed by atoms with E-state index in [2.05, 4.69) is 6.92 Å². The average molecular weight is 212 g/mol. The van der Waals surface area contributed by atoms with E-state index in [-0.39, 0.29) is 0 Å². The molecule has 0 aliphatic carbocycles. The second-order valence-electron chi connectivity index (χ2n) is 2.88. The van der Waals surface area contributed by atoms with E-state index in [1.807, 2.05) is 0 Å². The van der Waals surface area contributed by atoms with Crippen molar-refractivity contribution in [3.8, 4) is 0 Å². The van der Waals surface area contributed by atoms with Crippen LogP contribution in [0, 0.1) is 0 Å². The molecular formula is C8H15Cl2NO. The van der Waals surface area contributed by atoms with E-state index in [1.54, 1.807) is 0 Å². The maximum absolute atomic E-state index is 10.6. The van der Waals surface area contributed by atoms with Gasteiger partial charge in [-0.15, -0.1) is 0 Å². The van der Waals surface area contributed by atoms with E-state index in [1.165, 1.54) is 0 Å². The molecule has 0 heterocycles. The summed E-state index contributed by atoms with van der Waals surface area (Å²) in [7, 11) is 0. The molecule has 0 bridgehead atoms. The maximum Gasteiger partial charge on any atom is 0.253 e. The van der Waals surface area contributed by atoms with Gasteiger partial charge in [0.05, 0.1) is 0 Å². The number of hydrogen-bond donors (Lipinski definition) is 1. The lowest BCUT2D eigenvalue weighted by Gasteiger charge is -2.14. The fraction of sp³-hybridized carbons (Fsp3) is 0.875. The smallest absolute Gasteiger partial charge is 0.253 e. The van der Waals surface area contributed by atoms with Crippen molar-refractivity contribution in [3.63, 3.8) is 0 Å². The van der Waals surface area contributed by atoms with Crippen LogP contribution in [0.15, 0.2) is 0 Å². The molecule has 0 aromatic carbocycles. The molecule has 0 spiro atoms. The zero-order valence-electron chi connectivity index (χ0n) is 7.28. The highest BCUT2D eigenvalue weighted by Gasteiger charge is 2.30. The van der Waals surface area contributed by atoms with Crippen molar-refractivity contribution in [2.24, 2.45) is 5.73 Å². The summed E-state index contributed by atoms with van der Waals surface area (Å²) >= 11 is 11.3. The zero-order chi connectivity index (χ0) is 9.61. The summed E-state index contributed by atoms with van der Waals surface area (Å²) in [6, 6.07) is 0. The minimum Gasteiger partial charge on any atom is -0.367 e. The Kier molecular flexibility index (Phi) is 5.68. The first kappa shape index (κ1) is 12.0. The Hall–Kier alpha value is 0.0500. The third kappa shape index (κ3) is 4.83. The molecule has 1 amide bonds. The first-order valence-electron chi connectivity index (χ1n) is 4.18. The fourth-order valence-electron chi connectivity index (χ4n) is 0.897. The van der Waals surface area contributed by atoms with Crippen LogP contribution in [0.5, 0.6) is 0 Å². The van der Waals surface area contributed by atoms with Gasteiger partial charge in [-0.1, -0.05) is 49.4 Å². The van der Waals surface area contributed by atoms with E-state index in [0.717, 1.165) is 25.7 Å². The molecule has 12 heavy (non-hydrogen) atoms. The summed E-state index contributed by atoms with van der Waals surface area (Å²) in [4.78, 5) is 10.6. The Morgan fingerprint density at radius 3 is 2.33 bits per heavy atom. The van der Waals surface area contributed by atoms with Crippen molar-refractivity contribution in [2.75, 3.05) is 0 Å². The number of halogens is 2. The van der Waals surface area contributed by atoms with Gasteiger partial charge >= 0.3 is 0 Å². The summed E-state index contributed by atoms with van der Waals surface area (Å²) in [5.41, 5.74) is 4.98. The highest BCUT2D eigenvalue weighted by Crippen LogP contribution is 2.27. The fourth-order valence-corrected chi connectivity index (χ4v) is 1.16. The summed E-state index contributed by atoms with van der Waals surface area (Å²) in [6.07, 6.45) is 4.64. The van der Waals surface area contributed by atoms with Crippen molar-refractivity contribution in [2.45, 2.75) is 43.4 Å². The van der Waals surface area contributed by atoms with Gasteiger partial charge in [0.15, 0.2) is 4.33 Å². The van der Waals surface area contributed by atoms with Gasteiger partial charge in [-0.2, -0.15) is 0 Å². The molecule has 0 atom stereocenters. The number of carbonyl (C=O) groups excluding carboxylic acids is 1. The van der Waals surface area contributed by atoms with E-state index < -0.39 is 10.2 Å². The molecule has 0 aromatic heterocycles. The minimum absolute atomic E-state index is 0.450. The first-order chi connectivity index (χ1) is 5.50. The van der Waals surface area contributed by atoms with Crippen molar-refractivity contribution >= 4 is 29.1 Å². The number of hydrogen-bond acceptors (Lipinski definition) is 1. The predicted molar refractivity (Wildman–Crippen MR) is 52.4 cm³/mol. The zero-order valence-corrected chi connectivity index (χ0v) is 8.79. The Morgan fingerprint density at radius 1 is 1.33 bits per heavy atom. The third-order valence-electron chi connectivity index (χ3n) is 1.70. The summed E-state index contributed by atoms with van der Waals surface area (Å²) in [5, 5.41) is 0. The molecular weight excluding hydrogens is 197 g/mol. The van der Waals surface area contributed by atoms with Crippen LogP contribution in [-0.4, -0.2) is 10.2 Å². The molecule has 2 N–H and O–H groups in total. The van der Waals surface area contributed by atoms with Crippen molar-refractivity contribution < 1.29 is 4.79 Å². The lowest BCUT2D eigenvalue weighted by molar-refractivity contribution is -0.118. The molecule has 0 aliphatic heterocycles. The molecule has 2 nitrogen and oxygen atoms in total. The summed E-state index contributed by atoms with van der Waals surface area (Å²) in [5.74, 6) is -0.651. The Labute approximate surface area is 83.4 Å². The van der Waals surface area contributed by atoms with Gasteiger partial charge < -0.3 is 5.73 Å². The van der Waals surface area contributed by atoms with Crippen molar-refractivity contribution in [1.82, 2.24) is 0 Å². The number of amides is 1. The predicted octanol–water partition coefficient (Wildman–Crippen LogP) is 2.62. The molecule has 0 rings (SSSR count). The summed E-state index contributed by atoms with van der Waals surface area (Å²) < 4.78 is -1.37. The van der Waals surface area contributed by atoms with Crippen molar-refractivity contribution in [1.29, 1.82) is 0 Å². The SMILES string of the molecule is CCCCCCC(Cl)(Cl)C(N)=O. The van der Waals surface area contributed by atoms with Crippen LogP contribution < -0.4 is 5.73 Å². The number of unbranched alkanes of at least 4 members (excludes halogenated alkanes) is 3. The molecule has 0 radical (unpaired) electrons. The van der Waals surface area contributed by atoms with E-state index in [4.69, 9.17) is 28.9 Å². The highest BCUT2D eigenvalue weighted by molar-refractivity contribution is 6.57. The van der Waals surface area contributed by atoms with Gasteiger partial charge in [0.25, 0.3) is 5.91 Å². The molecule has 0 aromatic rings. The number of rotatable bonds is 6. The molecule has 0 fully saturated rings. The van der Waals surface area contributed by atoms with Gasteiger partial charge in [0, 0.05) is 0 Å². The van der Waals surface area contributed by atoms with E-state index in [0.29, 0.717) is 6.42 Å².